The van der Waals surface area contributed by atoms with Gasteiger partial charge in [-0.3, -0.25) is 14.5 Å². The Labute approximate surface area is 120 Å². The Morgan fingerprint density at radius 3 is 2.33 bits per heavy atom. The number of aliphatic hydroxyl groups is 1. The molecule has 1 aliphatic rings. The summed E-state index contributed by atoms with van der Waals surface area (Å²) in [5, 5.41) is 9.00. The minimum atomic E-state index is -0.721. The van der Waals surface area contributed by atoms with Crippen LogP contribution in [0.2, 0.25) is 0 Å². The van der Waals surface area contributed by atoms with Gasteiger partial charge in [-0.05, 0) is 23.3 Å². The van der Waals surface area contributed by atoms with Gasteiger partial charge in [-0.25, -0.2) is 4.39 Å². The Hall–Kier alpha value is -2.53. The van der Waals surface area contributed by atoms with Crippen molar-refractivity contribution in [3.63, 3.8) is 0 Å². The van der Waals surface area contributed by atoms with E-state index in [4.69, 9.17) is 5.11 Å². The van der Waals surface area contributed by atoms with Crippen molar-refractivity contribution in [2.24, 2.45) is 0 Å². The van der Waals surface area contributed by atoms with Gasteiger partial charge in [0.25, 0.3) is 11.7 Å². The second-order valence-electron chi connectivity index (χ2n) is 4.83. The molecular formula is C16H12FNO3. The van der Waals surface area contributed by atoms with Gasteiger partial charge in [-0.1, -0.05) is 30.3 Å². The van der Waals surface area contributed by atoms with E-state index >= 15 is 0 Å². The number of aliphatic hydroxyl groups excluding tert-OH is 1. The van der Waals surface area contributed by atoms with Gasteiger partial charge < -0.3 is 5.11 Å². The fourth-order valence-corrected chi connectivity index (χ4v) is 2.40. The molecule has 1 aliphatic heterocycles. The number of halogens is 1. The number of amides is 1. The van der Waals surface area contributed by atoms with Crippen LogP contribution in [0, 0.1) is 5.82 Å². The number of nitrogens with zero attached hydrogens (tertiary/aromatic N) is 1. The first kappa shape index (κ1) is 13.5. The molecule has 2 aromatic rings. The second kappa shape index (κ2) is 5.10. The summed E-state index contributed by atoms with van der Waals surface area (Å²) in [4.78, 5) is 25.0. The molecule has 0 aliphatic carbocycles. The molecule has 3 rings (SSSR count). The van der Waals surface area contributed by atoms with Crippen LogP contribution in [0.3, 0.4) is 0 Å². The fraction of sp³-hybridized carbons (Fsp3) is 0.125. The van der Waals surface area contributed by atoms with Gasteiger partial charge in [-0.2, -0.15) is 0 Å². The Kier molecular flexibility index (Phi) is 3.27. The zero-order valence-corrected chi connectivity index (χ0v) is 11.0. The van der Waals surface area contributed by atoms with E-state index in [2.05, 4.69) is 0 Å². The maximum absolute atomic E-state index is 13.9. The standard InChI is InChI=1S/C16H12FNO3/c17-13-3-1-2-12-14(13)18(16(21)15(12)20)8-10-4-6-11(9-19)7-5-10/h1-7,19H,8-9H2. The van der Waals surface area contributed by atoms with Crippen LogP contribution in [0.1, 0.15) is 21.5 Å². The van der Waals surface area contributed by atoms with E-state index in [0.29, 0.717) is 0 Å². The van der Waals surface area contributed by atoms with Crippen molar-refractivity contribution in [1.29, 1.82) is 0 Å². The minimum absolute atomic E-state index is 0.0405. The number of hydrogen-bond donors (Lipinski definition) is 1. The van der Waals surface area contributed by atoms with Crippen LogP contribution in [0.15, 0.2) is 42.5 Å². The molecule has 0 radical (unpaired) electrons. The van der Waals surface area contributed by atoms with Gasteiger partial charge in [0.2, 0.25) is 0 Å². The van der Waals surface area contributed by atoms with Crippen LogP contribution >= 0.6 is 0 Å². The van der Waals surface area contributed by atoms with Crippen molar-refractivity contribution in [2.75, 3.05) is 4.90 Å². The molecule has 0 spiro atoms. The Morgan fingerprint density at radius 2 is 1.67 bits per heavy atom. The van der Waals surface area contributed by atoms with Crippen LogP contribution in [0.4, 0.5) is 10.1 Å². The first-order valence-electron chi connectivity index (χ1n) is 6.45. The molecule has 106 valence electrons. The highest BCUT2D eigenvalue weighted by Crippen LogP contribution is 2.32. The molecule has 0 fully saturated rings. The monoisotopic (exact) mass is 285 g/mol. The number of para-hydroxylation sites is 1. The van der Waals surface area contributed by atoms with Crippen molar-refractivity contribution >= 4 is 17.4 Å². The molecule has 1 heterocycles. The number of carbonyl (C=O) groups excluding carboxylic acids is 2. The number of carbonyl (C=O) groups is 2. The molecule has 0 bridgehead atoms. The number of ketones is 1. The van der Waals surface area contributed by atoms with Gasteiger partial charge in [0.1, 0.15) is 5.82 Å². The number of anilines is 1. The molecule has 1 amide bonds. The summed E-state index contributed by atoms with van der Waals surface area (Å²) >= 11 is 0. The van der Waals surface area contributed by atoms with Crippen LogP contribution in [0.25, 0.3) is 0 Å². The van der Waals surface area contributed by atoms with Crippen LogP contribution in [-0.4, -0.2) is 16.8 Å². The number of rotatable bonds is 3. The fourth-order valence-electron chi connectivity index (χ4n) is 2.40. The molecule has 0 saturated heterocycles. The number of fused-ring (bicyclic) bond motifs is 1. The highest BCUT2D eigenvalue weighted by molar-refractivity contribution is 6.52. The first-order valence-corrected chi connectivity index (χ1v) is 6.45. The van der Waals surface area contributed by atoms with Gasteiger partial charge in [0, 0.05) is 0 Å². The Balaban J connectivity index is 1.96. The third-order valence-electron chi connectivity index (χ3n) is 3.49. The van der Waals surface area contributed by atoms with Gasteiger partial charge in [0.15, 0.2) is 0 Å². The van der Waals surface area contributed by atoms with Crippen molar-refractivity contribution in [3.05, 3.63) is 65.0 Å². The average Bonchev–Trinajstić information content (AvgIpc) is 2.74. The molecule has 1 N–H and O–H groups in total. The molecule has 2 aromatic carbocycles. The highest BCUT2D eigenvalue weighted by Gasteiger charge is 2.37. The quantitative estimate of drug-likeness (QED) is 0.878. The normalized spacial score (nSPS) is 13.7. The smallest absolute Gasteiger partial charge is 0.299 e. The molecule has 0 saturated carbocycles. The van der Waals surface area contributed by atoms with Crippen LogP contribution in [-0.2, 0) is 17.9 Å². The van der Waals surface area contributed by atoms with Crippen molar-refractivity contribution < 1.29 is 19.1 Å². The first-order chi connectivity index (χ1) is 10.1. The predicted molar refractivity (Wildman–Crippen MR) is 74.3 cm³/mol. The van der Waals surface area contributed by atoms with Gasteiger partial charge in [0.05, 0.1) is 24.4 Å². The largest absolute Gasteiger partial charge is 0.392 e. The zero-order chi connectivity index (χ0) is 15.0. The van der Waals surface area contributed by atoms with E-state index in [1.165, 1.54) is 18.2 Å². The summed E-state index contributed by atoms with van der Waals surface area (Å²) in [6.07, 6.45) is 0. The lowest BCUT2D eigenvalue weighted by Gasteiger charge is -2.17. The number of Topliss-reactive ketones (excluding diaryl/α,β-unsaturated/α-hetero) is 1. The lowest BCUT2D eigenvalue weighted by atomic mass is 10.1. The maximum atomic E-state index is 13.9. The molecule has 4 nitrogen and oxygen atoms in total. The Bertz CT molecular complexity index is 725. The van der Waals surface area contributed by atoms with E-state index in [-0.39, 0.29) is 24.4 Å². The molecule has 5 heteroatoms. The third-order valence-corrected chi connectivity index (χ3v) is 3.49. The average molecular weight is 285 g/mol. The third kappa shape index (κ3) is 2.21. The van der Waals surface area contributed by atoms with Gasteiger partial charge in [-0.15, -0.1) is 0 Å². The number of hydrogen-bond acceptors (Lipinski definition) is 3. The molecule has 0 atom stereocenters. The highest BCUT2D eigenvalue weighted by atomic mass is 19.1. The summed E-state index contributed by atoms with van der Waals surface area (Å²) in [7, 11) is 0. The SMILES string of the molecule is O=C1C(=O)N(Cc2ccc(CO)cc2)c2c(F)cccc21. The van der Waals surface area contributed by atoms with Crippen LogP contribution < -0.4 is 4.90 Å². The summed E-state index contributed by atoms with van der Waals surface area (Å²) in [5.41, 5.74) is 1.64. The van der Waals surface area contributed by atoms with E-state index in [1.54, 1.807) is 24.3 Å². The minimum Gasteiger partial charge on any atom is -0.392 e. The summed E-state index contributed by atoms with van der Waals surface area (Å²) in [6.45, 7) is 0.0447. The molecule has 21 heavy (non-hydrogen) atoms. The maximum Gasteiger partial charge on any atom is 0.299 e. The summed E-state index contributed by atoms with van der Waals surface area (Å²) in [5.74, 6) is -1.99. The number of benzene rings is 2. The van der Waals surface area contributed by atoms with Crippen molar-refractivity contribution in [1.82, 2.24) is 0 Å². The zero-order valence-electron chi connectivity index (χ0n) is 11.0. The van der Waals surface area contributed by atoms with Crippen molar-refractivity contribution in [3.8, 4) is 0 Å². The lowest BCUT2D eigenvalue weighted by molar-refractivity contribution is -0.114. The summed E-state index contributed by atoms with van der Waals surface area (Å²) in [6, 6.07) is 11.0. The summed E-state index contributed by atoms with van der Waals surface area (Å²) < 4.78 is 13.9. The molecular weight excluding hydrogens is 273 g/mol. The van der Waals surface area contributed by atoms with Crippen LogP contribution in [0.5, 0.6) is 0 Å². The molecule has 0 unspecified atom stereocenters. The Morgan fingerprint density at radius 1 is 1.00 bits per heavy atom. The van der Waals surface area contributed by atoms with E-state index < -0.39 is 17.5 Å². The second-order valence-corrected chi connectivity index (χ2v) is 4.83. The topological polar surface area (TPSA) is 57.6 Å². The molecule has 0 aromatic heterocycles. The van der Waals surface area contributed by atoms with Crippen molar-refractivity contribution in [2.45, 2.75) is 13.2 Å². The van der Waals surface area contributed by atoms with Gasteiger partial charge >= 0.3 is 0 Å². The van der Waals surface area contributed by atoms with E-state index in [1.807, 2.05) is 0 Å². The predicted octanol–water partition coefficient (Wildman–Crippen LogP) is 2.05. The van der Waals surface area contributed by atoms with E-state index in [0.717, 1.165) is 16.0 Å². The lowest BCUT2D eigenvalue weighted by Crippen LogP contribution is -2.29. The van der Waals surface area contributed by atoms with E-state index in [9.17, 15) is 14.0 Å².